The zero-order valence-electron chi connectivity index (χ0n) is 8.77. The van der Waals surface area contributed by atoms with Crippen LogP contribution in [0, 0.1) is 0 Å². The number of carboxylic acid groups (broad SMARTS) is 1. The molecule has 0 aliphatic heterocycles. The summed E-state index contributed by atoms with van der Waals surface area (Å²) in [6, 6.07) is 0. The van der Waals surface area contributed by atoms with Crippen molar-refractivity contribution in [2.45, 2.75) is 25.7 Å². The van der Waals surface area contributed by atoms with Gasteiger partial charge in [0.05, 0.1) is 0 Å². The highest BCUT2D eigenvalue weighted by Gasteiger charge is 2.03. The smallest absolute Gasteiger partial charge is 0.303 e. The zero-order valence-corrected chi connectivity index (χ0v) is 8.77. The molecule has 1 aromatic rings. The molecule has 88 valence electrons. The number of hydrogen-bond acceptors (Lipinski definition) is 4. The van der Waals surface area contributed by atoms with Crippen LogP contribution in [0.2, 0.25) is 0 Å². The predicted molar refractivity (Wildman–Crippen MR) is 54.6 cm³/mol. The van der Waals surface area contributed by atoms with Gasteiger partial charge < -0.3 is 10.4 Å². The normalized spacial score (nSPS) is 10.0. The minimum absolute atomic E-state index is 0.0233. The van der Waals surface area contributed by atoms with Crippen LogP contribution in [-0.2, 0) is 16.0 Å². The molecule has 7 nitrogen and oxygen atoms in total. The van der Waals surface area contributed by atoms with Gasteiger partial charge in [-0.3, -0.25) is 14.7 Å². The molecule has 1 heterocycles. The van der Waals surface area contributed by atoms with E-state index >= 15 is 0 Å². The number of amides is 1. The Balaban J connectivity index is 2.04. The van der Waals surface area contributed by atoms with Crippen LogP contribution in [0.15, 0.2) is 6.33 Å². The molecule has 0 atom stereocenters. The van der Waals surface area contributed by atoms with E-state index in [2.05, 4.69) is 20.5 Å². The summed E-state index contributed by atoms with van der Waals surface area (Å²) in [4.78, 5) is 25.3. The Morgan fingerprint density at radius 3 is 2.88 bits per heavy atom. The molecule has 1 amide bonds. The van der Waals surface area contributed by atoms with Crippen molar-refractivity contribution in [1.82, 2.24) is 20.5 Å². The Bertz CT molecular complexity index is 337. The Morgan fingerprint density at radius 1 is 1.44 bits per heavy atom. The topological polar surface area (TPSA) is 108 Å². The maximum absolute atomic E-state index is 11.2. The molecule has 0 aromatic carbocycles. The van der Waals surface area contributed by atoms with E-state index in [0.717, 1.165) is 0 Å². The quantitative estimate of drug-likeness (QED) is 0.592. The second-order valence-corrected chi connectivity index (χ2v) is 3.28. The van der Waals surface area contributed by atoms with Crippen LogP contribution in [0.4, 0.5) is 0 Å². The van der Waals surface area contributed by atoms with E-state index in [1.54, 1.807) is 0 Å². The number of aromatic nitrogens is 3. The van der Waals surface area contributed by atoms with Crippen LogP contribution in [-0.4, -0.2) is 38.7 Å². The van der Waals surface area contributed by atoms with Gasteiger partial charge in [-0.15, -0.1) is 0 Å². The minimum atomic E-state index is -0.880. The fraction of sp³-hybridized carbons (Fsp3) is 0.556. The molecule has 0 saturated carbocycles. The molecular weight excluding hydrogens is 212 g/mol. The molecule has 1 aromatic heterocycles. The van der Waals surface area contributed by atoms with Gasteiger partial charge in [-0.2, -0.15) is 5.10 Å². The third-order valence-electron chi connectivity index (χ3n) is 1.94. The van der Waals surface area contributed by atoms with E-state index in [1.807, 2.05) is 0 Å². The molecular formula is C9H14N4O3. The Morgan fingerprint density at radius 2 is 2.25 bits per heavy atom. The van der Waals surface area contributed by atoms with Gasteiger partial charge >= 0.3 is 5.97 Å². The number of nitrogens with one attached hydrogen (secondary N) is 2. The highest BCUT2D eigenvalue weighted by Crippen LogP contribution is 1.95. The Kier molecular flexibility index (Phi) is 4.97. The lowest BCUT2D eigenvalue weighted by atomic mass is 10.2. The number of carbonyl (C=O) groups excluding carboxylic acids is 1. The van der Waals surface area contributed by atoms with Crippen molar-refractivity contribution >= 4 is 11.9 Å². The summed E-state index contributed by atoms with van der Waals surface area (Å²) in [7, 11) is 0. The number of aliphatic carboxylic acids is 1. The van der Waals surface area contributed by atoms with Crippen molar-refractivity contribution in [3.63, 3.8) is 0 Å². The molecule has 0 radical (unpaired) electrons. The highest BCUT2D eigenvalue weighted by atomic mass is 16.4. The predicted octanol–water partition coefficient (Wildman–Crippen LogP) is -0.282. The van der Waals surface area contributed by atoms with Gasteiger partial charge in [0.25, 0.3) is 0 Å². The molecule has 0 fully saturated rings. The average molecular weight is 226 g/mol. The lowest BCUT2D eigenvalue weighted by molar-refractivity contribution is -0.137. The van der Waals surface area contributed by atoms with Gasteiger partial charge in [-0.05, 0) is 6.42 Å². The fourth-order valence-electron chi connectivity index (χ4n) is 1.16. The summed E-state index contributed by atoms with van der Waals surface area (Å²) in [6.45, 7) is 0.473. The van der Waals surface area contributed by atoms with Crippen LogP contribution in [0.1, 0.15) is 25.1 Å². The fourth-order valence-corrected chi connectivity index (χ4v) is 1.16. The second-order valence-electron chi connectivity index (χ2n) is 3.28. The standard InChI is InChI=1S/C9H14N4O3/c14-8(2-1-3-9(15)16)10-5-4-7-11-6-12-13-7/h6H,1-5H2,(H,10,14)(H,15,16)(H,11,12,13). The molecule has 0 spiro atoms. The van der Waals surface area contributed by atoms with Gasteiger partial charge in [-0.25, -0.2) is 4.98 Å². The van der Waals surface area contributed by atoms with Gasteiger partial charge in [-0.1, -0.05) is 0 Å². The molecule has 0 aliphatic carbocycles. The maximum atomic E-state index is 11.2. The molecule has 0 aliphatic rings. The molecule has 16 heavy (non-hydrogen) atoms. The number of H-pyrrole nitrogens is 1. The molecule has 1 rings (SSSR count). The van der Waals surface area contributed by atoms with E-state index in [-0.39, 0.29) is 18.7 Å². The molecule has 0 saturated heterocycles. The summed E-state index contributed by atoms with van der Waals surface area (Å²) >= 11 is 0. The maximum Gasteiger partial charge on any atom is 0.303 e. The number of carbonyl (C=O) groups is 2. The van der Waals surface area contributed by atoms with Gasteiger partial charge in [0, 0.05) is 25.8 Å². The van der Waals surface area contributed by atoms with Crippen LogP contribution in [0.5, 0.6) is 0 Å². The largest absolute Gasteiger partial charge is 0.481 e. The number of carboxylic acids is 1. The first-order valence-corrected chi connectivity index (χ1v) is 5.01. The number of aromatic amines is 1. The number of hydrogen-bond donors (Lipinski definition) is 3. The van der Waals surface area contributed by atoms with Crippen LogP contribution >= 0.6 is 0 Å². The van der Waals surface area contributed by atoms with Crippen molar-refractivity contribution in [2.75, 3.05) is 6.54 Å². The van der Waals surface area contributed by atoms with Gasteiger partial charge in [0.2, 0.25) is 5.91 Å². The monoisotopic (exact) mass is 226 g/mol. The average Bonchev–Trinajstić information content (AvgIpc) is 2.70. The molecule has 7 heteroatoms. The minimum Gasteiger partial charge on any atom is -0.481 e. The lowest BCUT2D eigenvalue weighted by Crippen LogP contribution is -2.25. The second kappa shape index (κ2) is 6.54. The van der Waals surface area contributed by atoms with Crippen molar-refractivity contribution in [3.8, 4) is 0 Å². The van der Waals surface area contributed by atoms with Gasteiger partial charge in [0.15, 0.2) is 0 Å². The molecule has 0 unspecified atom stereocenters. The van der Waals surface area contributed by atoms with E-state index in [0.29, 0.717) is 25.2 Å². The summed E-state index contributed by atoms with van der Waals surface area (Å²) in [5, 5.41) is 17.4. The Hall–Kier alpha value is -1.92. The van der Waals surface area contributed by atoms with E-state index < -0.39 is 5.97 Å². The first-order chi connectivity index (χ1) is 7.68. The van der Waals surface area contributed by atoms with E-state index in [1.165, 1.54) is 6.33 Å². The lowest BCUT2D eigenvalue weighted by Gasteiger charge is -2.02. The van der Waals surface area contributed by atoms with Crippen molar-refractivity contribution in [1.29, 1.82) is 0 Å². The summed E-state index contributed by atoms with van der Waals surface area (Å²) in [5.41, 5.74) is 0. The first-order valence-electron chi connectivity index (χ1n) is 5.01. The van der Waals surface area contributed by atoms with Gasteiger partial charge in [0.1, 0.15) is 12.2 Å². The van der Waals surface area contributed by atoms with Crippen LogP contribution in [0.25, 0.3) is 0 Å². The van der Waals surface area contributed by atoms with E-state index in [4.69, 9.17) is 5.11 Å². The third kappa shape index (κ3) is 5.08. The highest BCUT2D eigenvalue weighted by molar-refractivity contribution is 5.76. The van der Waals surface area contributed by atoms with Crippen LogP contribution in [0.3, 0.4) is 0 Å². The zero-order chi connectivity index (χ0) is 11.8. The summed E-state index contributed by atoms with van der Waals surface area (Å²) in [6.07, 6.45) is 2.62. The summed E-state index contributed by atoms with van der Waals surface area (Å²) in [5.74, 6) is -0.305. The van der Waals surface area contributed by atoms with Crippen molar-refractivity contribution < 1.29 is 14.7 Å². The third-order valence-corrected chi connectivity index (χ3v) is 1.94. The first kappa shape index (κ1) is 12.2. The SMILES string of the molecule is O=C(O)CCCC(=O)NCCc1ncn[nH]1. The Labute approximate surface area is 92.3 Å². The number of nitrogens with zero attached hydrogens (tertiary/aromatic N) is 2. The molecule has 0 bridgehead atoms. The summed E-state index contributed by atoms with van der Waals surface area (Å²) < 4.78 is 0. The van der Waals surface area contributed by atoms with Crippen molar-refractivity contribution in [3.05, 3.63) is 12.2 Å². The van der Waals surface area contributed by atoms with E-state index in [9.17, 15) is 9.59 Å². The van der Waals surface area contributed by atoms with Crippen molar-refractivity contribution in [2.24, 2.45) is 0 Å². The van der Waals surface area contributed by atoms with Crippen LogP contribution < -0.4 is 5.32 Å². The number of rotatable bonds is 7. The molecule has 3 N–H and O–H groups in total.